The number of nitrogens with one attached hydrogen (secondary N) is 2. The molecule has 1 atom stereocenters. The van der Waals surface area contributed by atoms with Crippen molar-refractivity contribution in [2.45, 2.75) is 45.4 Å². The Morgan fingerprint density at radius 3 is 3.00 bits per heavy atom. The van der Waals surface area contributed by atoms with Gasteiger partial charge in [-0.3, -0.25) is 4.99 Å². The van der Waals surface area contributed by atoms with Crippen LogP contribution in [-0.2, 0) is 24.3 Å². The third-order valence-electron chi connectivity index (χ3n) is 5.03. The summed E-state index contributed by atoms with van der Waals surface area (Å²) in [6.45, 7) is 5.55. The molecular weight excluding hydrogens is 512 g/mol. The summed E-state index contributed by atoms with van der Waals surface area (Å²) in [4.78, 5) is 11.3. The van der Waals surface area contributed by atoms with Gasteiger partial charge in [-0.1, -0.05) is 6.07 Å². The Hall–Kier alpha value is -1.95. The first-order chi connectivity index (χ1) is 14.6. The van der Waals surface area contributed by atoms with E-state index >= 15 is 0 Å². The van der Waals surface area contributed by atoms with Crippen LogP contribution in [0.2, 0.25) is 0 Å². The van der Waals surface area contributed by atoms with Gasteiger partial charge in [-0.25, -0.2) is 14.1 Å². The normalized spacial score (nSPS) is 15.7. The van der Waals surface area contributed by atoms with E-state index in [0.717, 1.165) is 62.2 Å². The molecule has 10 heteroatoms. The molecule has 2 heterocycles. The smallest absolute Gasteiger partial charge is 0.191 e. The van der Waals surface area contributed by atoms with Crippen LogP contribution < -0.4 is 15.5 Å². The largest absolute Gasteiger partial charge is 0.377 e. The van der Waals surface area contributed by atoms with Crippen molar-refractivity contribution in [1.82, 2.24) is 25.4 Å². The van der Waals surface area contributed by atoms with Crippen molar-refractivity contribution in [3.8, 4) is 0 Å². The molecule has 0 fully saturated rings. The number of methoxy groups -OCH3 is 1. The molecule has 0 amide bonds. The van der Waals surface area contributed by atoms with E-state index in [0.29, 0.717) is 13.2 Å². The number of aryl methyl sites for hydroxylation is 1. The highest BCUT2D eigenvalue weighted by molar-refractivity contribution is 14.0. The van der Waals surface area contributed by atoms with E-state index in [1.807, 2.05) is 22.7 Å². The zero-order chi connectivity index (χ0) is 21.3. The summed E-state index contributed by atoms with van der Waals surface area (Å²) in [6.07, 6.45) is 2.74. The lowest BCUT2D eigenvalue weighted by atomic mass is 10.1. The van der Waals surface area contributed by atoms with Gasteiger partial charge in [0.1, 0.15) is 18.2 Å². The fraction of sp³-hybridized carbons (Fsp3) is 0.571. The minimum atomic E-state index is -0.214. The molecule has 0 radical (unpaired) electrons. The van der Waals surface area contributed by atoms with E-state index in [-0.39, 0.29) is 35.8 Å². The monoisotopic (exact) mass is 545 g/mol. The van der Waals surface area contributed by atoms with Gasteiger partial charge >= 0.3 is 0 Å². The second kappa shape index (κ2) is 12.8. The van der Waals surface area contributed by atoms with Crippen molar-refractivity contribution in [2.24, 2.45) is 4.99 Å². The summed E-state index contributed by atoms with van der Waals surface area (Å²) in [5.74, 6) is 2.35. The molecule has 1 aromatic carbocycles. The van der Waals surface area contributed by atoms with Gasteiger partial charge in [-0.2, -0.15) is 5.10 Å². The average Bonchev–Trinajstić information content (AvgIpc) is 3.13. The zero-order valence-corrected chi connectivity index (χ0v) is 20.8. The number of fused-ring (bicyclic) bond motifs is 1. The summed E-state index contributed by atoms with van der Waals surface area (Å²) >= 11 is 0. The molecule has 1 aliphatic rings. The lowest BCUT2D eigenvalue weighted by molar-refractivity contribution is 0.177. The topological polar surface area (TPSA) is 79.6 Å². The first-order valence-corrected chi connectivity index (χ1v) is 10.5. The fourth-order valence-electron chi connectivity index (χ4n) is 3.52. The summed E-state index contributed by atoms with van der Waals surface area (Å²) in [5, 5.41) is 11.4. The second-order valence-electron chi connectivity index (χ2n) is 7.45. The van der Waals surface area contributed by atoms with Crippen molar-refractivity contribution in [3.63, 3.8) is 0 Å². The number of ether oxygens (including phenoxy) is 1. The number of anilines is 1. The lowest BCUT2D eigenvalue weighted by Crippen LogP contribution is -2.47. The van der Waals surface area contributed by atoms with Crippen molar-refractivity contribution < 1.29 is 9.13 Å². The highest BCUT2D eigenvalue weighted by atomic mass is 127. The van der Waals surface area contributed by atoms with Gasteiger partial charge in [0, 0.05) is 51.9 Å². The molecule has 8 nitrogen and oxygen atoms in total. The van der Waals surface area contributed by atoms with Crippen LogP contribution in [0.15, 0.2) is 29.3 Å². The average molecular weight is 545 g/mol. The van der Waals surface area contributed by atoms with Crippen LogP contribution in [0.3, 0.4) is 0 Å². The maximum absolute atomic E-state index is 13.4. The zero-order valence-electron chi connectivity index (χ0n) is 18.5. The second-order valence-corrected chi connectivity index (χ2v) is 7.45. The SMILES string of the molecule is CCNC(=NCCCN(C)c1cccc(F)c1)NC1CCc2nc(COC)nn2C1.I. The summed E-state index contributed by atoms with van der Waals surface area (Å²) in [6, 6.07) is 6.91. The van der Waals surface area contributed by atoms with Crippen LogP contribution >= 0.6 is 24.0 Å². The molecule has 2 aromatic rings. The number of benzene rings is 1. The van der Waals surface area contributed by atoms with E-state index in [4.69, 9.17) is 9.73 Å². The molecule has 0 aliphatic carbocycles. The van der Waals surface area contributed by atoms with Gasteiger partial charge in [0.2, 0.25) is 0 Å². The third-order valence-corrected chi connectivity index (χ3v) is 5.03. The highest BCUT2D eigenvalue weighted by Crippen LogP contribution is 2.15. The van der Waals surface area contributed by atoms with Gasteiger partial charge in [0.05, 0.1) is 6.54 Å². The Kier molecular flexibility index (Phi) is 10.4. The Balaban J connectivity index is 0.00000341. The molecule has 31 heavy (non-hydrogen) atoms. The molecule has 172 valence electrons. The lowest BCUT2D eigenvalue weighted by Gasteiger charge is -2.25. The molecule has 1 unspecified atom stereocenters. The number of hydrogen-bond donors (Lipinski definition) is 2. The number of guanidine groups is 1. The maximum Gasteiger partial charge on any atom is 0.191 e. The van der Waals surface area contributed by atoms with E-state index in [1.165, 1.54) is 6.07 Å². The number of aromatic nitrogens is 3. The number of nitrogens with zero attached hydrogens (tertiary/aromatic N) is 5. The van der Waals surface area contributed by atoms with Gasteiger partial charge in [-0.15, -0.1) is 24.0 Å². The molecule has 0 bridgehead atoms. The van der Waals surface area contributed by atoms with E-state index in [9.17, 15) is 4.39 Å². The van der Waals surface area contributed by atoms with Crippen molar-refractivity contribution in [2.75, 3.05) is 38.7 Å². The predicted molar refractivity (Wildman–Crippen MR) is 132 cm³/mol. The van der Waals surface area contributed by atoms with Gasteiger partial charge < -0.3 is 20.3 Å². The van der Waals surface area contributed by atoms with Crippen LogP contribution in [0, 0.1) is 5.82 Å². The molecule has 1 aromatic heterocycles. The standard InChI is InChI=1S/C21H32FN7O.HI/c1-4-23-21(24-11-6-12-28(2)18-8-5-7-16(22)13-18)25-17-9-10-20-26-19(15-30-3)27-29(20)14-17;/h5,7-8,13,17H,4,6,9-12,14-15H2,1-3H3,(H2,23,24,25);1H. The minimum absolute atomic E-state index is 0. The number of halogens is 2. The van der Waals surface area contributed by atoms with E-state index in [1.54, 1.807) is 19.2 Å². The third kappa shape index (κ3) is 7.60. The highest BCUT2D eigenvalue weighted by Gasteiger charge is 2.22. The summed E-state index contributed by atoms with van der Waals surface area (Å²) in [7, 11) is 3.62. The quantitative estimate of drug-likeness (QED) is 0.218. The first-order valence-electron chi connectivity index (χ1n) is 10.5. The molecule has 0 saturated carbocycles. The summed E-state index contributed by atoms with van der Waals surface area (Å²) < 4.78 is 20.5. The Morgan fingerprint density at radius 2 is 2.26 bits per heavy atom. The minimum Gasteiger partial charge on any atom is -0.377 e. The fourth-order valence-corrected chi connectivity index (χ4v) is 3.52. The molecule has 0 spiro atoms. The van der Waals surface area contributed by atoms with Gasteiger partial charge in [-0.05, 0) is 38.0 Å². The molecule has 1 aliphatic heterocycles. The van der Waals surface area contributed by atoms with Crippen LogP contribution in [-0.4, -0.2) is 60.6 Å². The van der Waals surface area contributed by atoms with E-state index < -0.39 is 0 Å². The van der Waals surface area contributed by atoms with Gasteiger partial charge in [0.25, 0.3) is 0 Å². The maximum atomic E-state index is 13.4. The van der Waals surface area contributed by atoms with Crippen LogP contribution in [0.25, 0.3) is 0 Å². The molecule has 0 saturated heterocycles. The van der Waals surface area contributed by atoms with E-state index in [2.05, 4.69) is 27.6 Å². The van der Waals surface area contributed by atoms with Crippen molar-refractivity contribution in [3.05, 3.63) is 41.7 Å². The number of hydrogen-bond acceptors (Lipinski definition) is 5. The Labute approximate surface area is 200 Å². The predicted octanol–water partition coefficient (Wildman–Crippen LogP) is 2.58. The van der Waals surface area contributed by atoms with Crippen molar-refractivity contribution in [1.29, 1.82) is 0 Å². The van der Waals surface area contributed by atoms with Crippen LogP contribution in [0.1, 0.15) is 31.4 Å². The molecular formula is C21H33FIN7O. The molecule has 3 rings (SSSR count). The Morgan fingerprint density at radius 1 is 1.42 bits per heavy atom. The summed E-state index contributed by atoms with van der Waals surface area (Å²) in [5.41, 5.74) is 0.877. The van der Waals surface area contributed by atoms with Gasteiger partial charge in [0.15, 0.2) is 11.8 Å². The molecule has 2 N–H and O–H groups in total. The van der Waals surface area contributed by atoms with Crippen molar-refractivity contribution >= 4 is 35.6 Å². The number of rotatable bonds is 9. The number of aliphatic imine (C=N–C) groups is 1. The van der Waals surface area contributed by atoms with Crippen LogP contribution in [0.5, 0.6) is 0 Å². The Bertz CT molecular complexity index is 845. The van der Waals surface area contributed by atoms with Crippen LogP contribution in [0.4, 0.5) is 10.1 Å². The first kappa shape index (κ1) is 25.3.